The number of hydrogen-bond acceptors (Lipinski definition) is 4. The monoisotopic (exact) mass is 336 g/mol. The van der Waals surface area contributed by atoms with Crippen molar-refractivity contribution in [1.82, 2.24) is 10.2 Å². The van der Waals surface area contributed by atoms with E-state index in [2.05, 4.69) is 5.32 Å². The maximum Gasteiger partial charge on any atom is 0.242 e. The van der Waals surface area contributed by atoms with Crippen LogP contribution in [0.15, 0.2) is 24.3 Å². The summed E-state index contributed by atoms with van der Waals surface area (Å²) in [7, 11) is 1.60. The average molecular weight is 336 g/mol. The summed E-state index contributed by atoms with van der Waals surface area (Å²) in [6, 6.07) is 6.85. The molecule has 0 aliphatic rings. The van der Waals surface area contributed by atoms with Crippen LogP contribution in [0.1, 0.15) is 32.8 Å². The van der Waals surface area contributed by atoms with Crippen molar-refractivity contribution in [3.8, 4) is 5.75 Å². The van der Waals surface area contributed by atoms with Gasteiger partial charge in [-0.15, -0.1) is 0 Å². The molecule has 1 unspecified atom stereocenters. The van der Waals surface area contributed by atoms with E-state index in [4.69, 9.17) is 9.84 Å². The smallest absolute Gasteiger partial charge is 0.242 e. The summed E-state index contributed by atoms with van der Waals surface area (Å²) < 4.78 is 5.14. The number of carbonyl (C=O) groups excluding carboxylic acids is 2. The maximum absolute atomic E-state index is 12.5. The standard InChI is InChI=1S/C18H28N2O4/c1-13(2)18(23)20(14(3)17(22)19-10-5-11-21)12-15-6-8-16(24-4)9-7-15/h6-9,13-14,21H,5,10-12H2,1-4H3,(H,19,22). The van der Waals surface area contributed by atoms with Crippen LogP contribution in [-0.2, 0) is 16.1 Å². The Morgan fingerprint density at radius 3 is 2.33 bits per heavy atom. The highest BCUT2D eigenvalue weighted by Gasteiger charge is 2.27. The van der Waals surface area contributed by atoms with Crippen LogP contribution in [0.4, 0.5) is 0 Å². The van der Waals surface area contributed by atoms with Gasteiger partial charge in [0.1, 0.15) is 11.8 Å². The van der Waals surface area contributed by atoms with Gasteiger partial charge in [0.05, 0.1) is 7.11 Å². The van der Waals surface area contributed by atoms with Gasteiger partial charge >= 0.3 is 0 Å². The first-order chi connectivity index (χ1) is 11.4. The SMILES string of the molecule is COc1ccc(CN(C(=O)C(C)C)C(C)C(=O)NCCCO)cc1. The van der Waals surface area contributed by atoms with Crippen LogP contribution in [0.5, 0.6) is 5.75 Å². The third-order valence-electron chi connectivity index (χ3n) is 3.77. The molecule has 0 aliphatic carbocycles. The Kier molecular flexibility index (Phi) is 8.26. The molecule has 0 fully saturated rings. The molecule has 0 spiro atoms. The zero-order chi connectivity index (χ0) is 18.1. The first kappa shape index (κ1) is 20.0. The highest BCUT2D eigenvalue weighted by atomic mass is 16.5. The van der Waals surface area contributed by atoms with Crippen LogP contribution < -0.4 is 10.1 Å². The molecule has 0 saturated heterocycles. The Morgan fingerprint density at radius 2 is 1.83 bits per heavy atom. The molecule has 0 bridgehead atoms. The van der Waals surface area contributed by atoms with Crippen LogP contribution in [0.2, 0.25) is 0 Å². The quantitative estimate of drug-likeness (QED) is 0.671. The number of nitrogens with zero attached hydrogens (tertiary/aromatic N) is 1. The van der Waals surface area contributed by atoms with Crippen LogP contribution in [-0.4, -0.2) is 48.1 Å². The lowest BCUT2D eigenvalue weighted by molar-refractivity contribution is -0.143. The van der Waals surface area contributed by atoms with Gasteiger partial charge in [0.2, 0.25) is 11.8 Å². The zero-order valence-corrected chi connectivity index (χ0v) is 14.9. The summed E-state index contributed by atoms with van der Waals surface area (Å²) >= 11 is 0. The predicted molar refractivity (Wildman–Crippen MR) is 92.6 cm³/mol. The van der Waals surface area contributed by atoms with Crippen molar-refractivity contribution in [2.45, 2.75) is 39.8 Å². The largest absolute Gasteiger partial charge is 0.497 e. The summed E-state index contributed by atoms with van der Waals surface area (Å²) in [6.45, 7) is 6.13. The average Bonchev–Trinajstić information content (AvgIpc) is 2.59. The number of aliphatic hydroxyl groups is 1. The number of nitrogens with one attached hydrogen (secondary N) is 1. The Labute approximate surface area is 143 Å². The van der Waals surface area contributed by atoms with Crippen LogP contribution >= 0.6 is 0 Å². The molecule has 2 N–H and O–H groups in total. The number of methoxy groups -OCH3 is 1. The van der Waals surface area contributed by atoms with E-state index >= 15 is 0 Å². The van der Waals surface area contributed by atoms with Crippen molar-refractivity contribution < 1.29 is 19.4 Å². The summed E-state index contributed by atoms with van der Waals surface area (Å²) in [5.74, 6) is 0.257. The Balaban J connectivity index is 2.86. The van der Waals surface area contributed by atoms with Crippen LogP contribution in [0.3, 0.4) is 0 Å². The van der Waals surface area contributed by atoms with E-state index < -0.39 is 6.04 Å². The summed E-state index contributed by atoms with van der Waals surface area (Å²) in [4.78, 5) is 26.4. The van der Waals surface area contributed by atoms with E-state index in [0.29, 0.717) is 19.5 Å². The lowest BCUT2D eigenvalue weighted by Crippen LogP contribution is -2.49. The molecule has 0 saturated carbocycles. The van der Waals surface area contributed by atoms with Gasteiger partial charge in [-0.05, 0) is 31.0 Å². The number of rotatable bonds is 9. The molecule has 1 atom stereocenters. The fourth-order valence-corrected chi connectivity index (χ4v) is 2.24. The van der Waals surface area contributed by atoms with Crippen molar-refractivity contribution in [2.75, 3.05) is 20.3 Å². The van der Waals surface area contributed by atoms with Gasteiger partial charge in [-0.1, -0.05) is 26.0 Å². The zero-order valence-electron chi connectivity index (χ0n) is 14.9. The van der Waals surface area contributed by atoms with Crippen molar-refractivity contribution in [2.24, 2.45) is 5.92 Å². The number of hydrogen-bond donors (Lipinski definition) is 2. The van der Waals surface area contributed by atoms with Crippen LogP contribution in [0, 0.1) is 5.92 Å². The van der Waals surface area contributed by atoms with Crippen molar-refractivity contribution in [3.05, 3.63) is 29.8 Å². The van der Waals surface area contributed by atoms with Crippen molar-refractivity contribution >= 4 is 11.8 Å². The third kappa shape index (κ3) is 5.85. The Morgan fingerprint density at radius 1 is 1.21 bits per heavy atom. The van der Waals surface area contributed by atoms with E-state index in [-0.39, 0.29) is 24.3 Å². The topological polar surface area (TPSA) is 78.9 Å². The number of ether oxygens (including phenoxy) is 1. The molecular formula is C18H28N2O4. The van der Waals surface area contributed by atoms with Gasteiger partial charge in [0.25, 0.3) is 0 Å². The number of carbonyl (C=O) groups is 2. The highest BCUT2D eigenvalue weighted by molar-refractivity contribution is 5.88. The molecule has 6 nitrogen and oxygen atoms in total. The molecule has 0 aliphatic heterocycles. The van der Waals surface area contributed by atoms with Gasteiger partial charge in [-0.2, -0.15) is 0 Å². The Bertz CT molecular complexity index is 528. The fraction of sp³-hybridized carbons (Fsp3) is 0.556. The predicted octanol–water partition coefficient (Wildman–Crippen LogP) is 1.57. The second-order valence-electron chi connectivity index (χ2n) is 6.01. The van der Waals surface area contributed by atoms with Gasteiger partial charge < -0.3 is 20.1 Å². The molecule has 0 aromatic heterocycles. The van der Waals surface area contributed by atoms with E-state index in [0.717, 1.165) is 11.3 Å². The van der Waals surface area contributed by atoms with Crippen molar-refractivity contribution in [1.29, 1.82) is 0 Å². The summed E-state index contributed by atoms with van der Waals surface area (Å²) in [5, 5.41) is 11.5. The van der Waals surface area contributed by atoms with Gasteiger partial charge in [-0.25, -0.2) is 0 Å². The lowest BCUT2D eigenvalue weighted by Gasteiger charge is -2.30. The number of benzene rings is 1. The van der Waals surface area contributed by atoms with E-state index in [1.165, 1.54) is 0 Å². The molecule has 134 valence electrons. The van der Waals surface area contributed by atoms with E-state index in [9.17, 15) is 9.59 Å². The second-order valence-corrected chi connectivity index (χ2v) is 6.01. The second kappa shape index (κ2) is 9.93. The van der Waals surface area contributed by atoms with Gasteiger partial charge in [-0.3, -0.25) is 9.59 Å². The summed E-state index contributed by atoms with van der Waals surface area (Å²) in [5.41, 5.74) is 0.930. The fourth-order valence-electron chi connectivity index (χ4n) is 2.24. The molecule has 1 rings (SSSR count). The molecule has 24 heavy (non-hydrogen) atoms. The number of amides is 2. The minimum absolute atomic E-state index is 0.0230. The summed E-state index contributed by atoms with van der Waals surface area (Å²) in [6.07, 6.45) is 0.495. The van der Waals surface area contributed by atoms with E-state index in [1.54, 1.807) is 18.9 Å². The molecule has 1 aromatic rings. The van der Waals surface area contributed by atoms with Gasteiger partial charge in [0.15, 0.2) is 0 Å². The first-order valence-electron chi connectivity index (χ1n) is 8.22. The molecule has 1 aromatic carbocycles. The van der Waals surface area contributed by atoms with Crippen molar-refractivity contribution in [3.63, 3.8) is 0 Å². The normalized spacial score (nSPS) is 11.9. The molecule has 6 heteroatoms. The molecule has 2 amide bonds. The lowest BCUT2D eigenvalue weighted by atomic mass is 10.1. The van der Waals surface area contributed by atoms with Gasteiger partial charge in [0, 0.05) is 25.6 Å². The van der Waals surface area contributed by atoms with Crippen LogP contribution in [0.25, 0.3) is 0 Å². The molecular weight excluding hydrogens is 308 g/mol. The Hall–Kier alpha value is -2.08. The van der Waals surface area contributed by atoms with E-state index in [1.807, 2.05) is 38.1 Å². The maximum atomic E-state index is 12.5. The highest BCUT2D eigenvalue weighted by Crippen LogP contribution is 2.16. The number of aliphatic hydroxyl groups excluding tert-OH is 1. The minimum atomic E-state index is -0.583. The first-order valence-corrected chi connectivity index (χ1v) is 8.22. The molecule has 0 radical (unpaired) electrons. The third-order valence-corrected chi connectivity index (χ3v) is 3.77. The minimum Gasteiger partial charge on any atom is -0.497 e. The molecule has 0 heterocycles.